The Kier molecular flexibility index (Phi) is 5.58. The molecule has 27 heavy (non-hydrogen) atoms. The van der Waals surface area contributed by atoms with Crippen LogP contribution in [0.1, 0.15) is 16.1 Å². The molecule has 0 atom stereocenters. The number of hydrogen-bond donors (Lipinski definition) is 3. The standard InChI is InChI=1S/C18H19ClN6O2/c1-11-16(10-21-25(11)2)23-17-8-15(13(19)9-20-17)22-14-7-5-4-6-12(14)18(26)24-27-3/h4-10H,1-3H3,(H,24,26)(H2,20,22,23). The predicted octanol–water partition coefficient (Wildman–Crippen LogP) is 3.56. The van der Waals surface area contributed by atoms with Gasteiger partial charge in [-0.3, -0.25) is 14.3 Å². The number of hydroxylamine groups is 1. The van der Waals surface area contributed by atoms with Crippen LogP contribution in [0.3, 0.4) is 0 Å². The molecule has 0 spiro atoms. The number of hydrogen-bond acceptors (Lipinski definition) is 6. The van der Waals surface area contributed by atoms with E-state index < -0.39 is 0 Å². The first kappa shape index (κ1) is 18.7. The smallest absolute Gasteiger partial charge is 0.276 e. The van der Waals surface area contributed by atoms with E-state index in [2.05, 4.69) is 26.2 Å². The third-order valence-electron chi connectivity index (χ3n) is 3.99. The molecule has 0 saturated carbocycles. The van der Waals surface area contributed by atoms with Gasteiger partial charge in [-0.1, -0.05) is 23.7 Å². The van der Waals surface area contributed by atoms with Crippen LogP contribution in [0, 0.1) is 6.92 Å². The van der Waals surface area contributed by atoms with Crippen LogP contribution in [0.2, 0.25) is 5.02 Å². The van der Waals surface area contributed by atoms with Gasteiger partial charge in [0, 0.05) is 13.1 Å². The number of rotatable bonds is 6. The van der Waals surface area contributed by atoms with Crippen molar-refractivity contribution in [2.24, 2.45) is 7.05 Å². The fraction of sp³-hybridized carbons (Fsp3) is 0.167. The Balaban J connectivity index is 1.88. The zero-order valence-electron chi connectivity index (χ0n) is 15.1. The van der Waals surface area contributed by atoms with E-state index in [0.29, 0.717) is 27.8 Å². The first-order chi connectivity index (χ1) is 13.0. The summed E-state index contributed by atoms with van der Waals surface area (Å²) in [7, 11) is 3.25. The fourth-order valence-electron chi connectivity index (χ4n) is 2.45. The molecule has 3 N–H and O–H groups in total. The van der Waals surface area contributed by atoms with E-state index in [9.17, 15) is 4.79 Å². The lowest BCUT2D eigenvalue weighted by atomic mass is 10.1. The molecule has 0 aliphatic rings. The molecule has 2 aromatic heterocycles. The first-order valence-corrected chi connectivity index (χ1v) is 8.48. The molecular formula is C18H19ClN6O2. The van der Waals surface area contributed by atoms with Gasteiger partial charge >= 0.3 is 0 Å². The molecule has 0 radical (unpaired) electrons. The number of para-hydroxylation sites is 1. The van der Waals surface area contributed by atoms with Gasteiger partial charge in [0.2, 0.25) is 0 Å². The van der Waals surface area contributed by atoms with Crippen LogP contribution in [0.25, 0.3) is 0 Å². The Hall–Kier alpha value is -3.10. The molecule has 2 heterocycles. The average molecular weight is 387 g/mol. The van der Waals surface area contributed by atoms with Gasteiger partial charge in [0.15, 0.2) is 0 Å². The lowest BCUT2D eigenvalue weighted by Crippen LogP contribution is -2.22. The van der Waals surface area contributed by atoms with Crippen molar-refractivity contribution < 1.29 is 9.63 Å². The molecule has 0 bridgehead atoms. The lowest BCUT2D eigenvalue weighted by Gasteiger charge is -2.14. The molecule has 0 fully saturated rings. The number of aryl methyl sites for hydroxylation is 1. The molecule has 3 aromatic rings. The summed E-state index contributed by atoms with van der Waals surface area (Å²) >= 11 is 6.28. The van der Waals surface area contributed by atoms with Crippen molar-refractivity contribution in [2.45, 2.75) is 6.92 Å². The van der Waals surface area contributed by atoms with Crippen molar-refractivity contribution in [3.8, 4) is 0 Å². The maximum atomic E-state index is 12.1. The zero-order chi connectivity index (χ0) is 19.4. The second-order valence-corrected chi connectivity index (χ2v) is 6.15. The number of amides is 1. The Morgan fingerprint density at radius 3 is 2.63 bits per heavy atom. The van der Waals surface area contributed by atoms with Gasteiger partial charge < -0.3 is 10.6 Å². The van der Waals surface area contributed by atoms with E-state index in [1.807, 2.05) is 20.0 Å². The molecule has 1 amide bonds. The topological polar surface area (TPSA) is 93.1 Å². The molecule has 0 saturated heterocycles. The van der Waals surface area contributed by atoms with Crippen molar-refractivity contribution in [3.63, 3.8) is 0 Å². The van der Waals surface area contributed by atoms with Crippen molar-refractivity contribution in [1.29, 1.82) is 0 Å². The minimum absolute atomic E-state index is 0.366. The Morgan fingerprint density at radius 1 is 1.15 bits per heavy atom. The maximum absolute atomic E-state index is 12.1. The monoisotopic (exact) mass is 386 g/mol. The number of nitrogens with one attached hydrogen (secondary N) is 3. The van der Waals surface area contributed by atoms with Crippen LogP contribution < -0.4 is 16.1 Å². The van der Waals surface area contributed by atoms with E-state index in [0.717, 1.165) is 11.4 Å². The third kappa shape index (κ3) is 4.18. The largest absolute Gasteiger partial charge is 0.353 e. The van der Waals surface area contributed by atoms with Gasteiger partial charge in [-0.2, -0.15) is 5.10 Å². The number of benzene rings is 1. The normalized spacial score (nSPS) is 10.5. The number of carbonyl (C=O) groups is 1. The second-order valence-electron chi connectivity index (χ2n) is 5.75. The highest BCUT2D eigenvalue weighted by atomic mass is 35.5. The number of pyridine rings is 1. The summed E-state index contributed by atoms with van der Waals surface area (Å²) in [5, 5.41) is 11.0. The van der Waals surface area contributed by atoms with E-state index in [4.69, 9.17) is 16.4 Å². The van der Waals surface area contributed by atoms with E-state index in [-0.39, 0.29) is 5.91 Å². The Morgan fingerprint density at radius 2 is 1.93 bits per heavy atom. The van der Waals surface area contributed by atoms with Gasteiger partial charge in [0.05, 0.1) is 52.8 Å². The predicted molar refractivity (Wildman–Crippen MR) is 105 cm³/mol. The molecule has 3 rings (SSSR count). The molecular weight excluding hydrogens is 368 g/mol. The number of anilines is 4. The molecule has 140 valence electrons. The van der Waals surface area contributed by atoms with Gasteiger partial charge in [0.25, 0.3) is 5.91 Å². The van der Waals surface area contributed by atoms with Crippen molar-refractivity contribution >= 4 is 40.4 Å². The lowest BCUT2D eigenvalue weighted by molar-refractivity contribution is 0.0538. The van der Waals surface area contributed by atoms with Crippen LogP contribution in [-0.4, -0.2) is 27.8 Å². The summed E-state index contributed by atoms with van der Waals surface area (Å²) in [5.74, 6) is 0.229. The molecule has 9 heteroatoms. The SMILES string of the molecule is CONC(=O)c1ccccc1Nc1cc(Nc2cnn(C)c2C)ncc1Cl. The van der Waals surface area contributed by atoms with Crippen LogP contribution in [0.5, 0.6) is 0 Å². The fourth-order valence-corrected chi connectivity index (χ4v) is 2.60. The quantitative estimate of drug-likeness (QED) is 0.561. The van der Waals surface area contributed by atoms with Crippen LogP contribution in [0.4, 0.5) is 22.9 Å². The first-order valence-electron chi connectivity index (χ1n) is 8.10. The van der Waals surface area contributed by atoms with Crippen LogP contribution >= 0.6 is 11.6 Å². The summed E-state index contributed by atoms with van der Waals surface area (Å²) in [6.07, 6.45) is 3.26. The van der Waals surface area contributed by atoms with E-state index >= 15 is 0 Å². The van der Waals surface area contributed by atoms with Gasteiger partial charge in [-0.15, -0.1) is 0 Å². The average Bonchev–Trinajstić information content (AvgIpc) is 2.97. The second kappa shape index (κ2) is 8.07. The molecule has 0 aliphatic carbocycles. The van der Waals surface area contributed by atoms with Crippen molar-refractivity contribution in [2.75, 3.05) is 17.7 Å². The highest BCUT2D eigenvalue weighted by molar-refractivity contribution is 6.33. The van der Waals surface area contributed by atoms with Crippen LogP contribution in [-0.2, 0) is 11.9 Å². The molecule has 8 nitrogen and oxygen atoms in total. The van der Waals surface area contributed by atoms with Crippen LogP contribution in [0.15, 0.2) is 42.7 Å². The number of nitrogens with zero attached hydrogens (tertiary/aromatic N) is 3. The summed E-state index contributed by atoms with van der Waals surface area (Å²) in [5.41, 5.74) is 5.74. The number of halogens is 1. The summed E-state index contributed by atoms with van der Waals surface area (Å²) in [6, 6.07) is 8.81. The van der Waals surface area contributed by atoms with Crippen molar-refractivity contribution in [3.05, 3.63) is 59.0 Å². The third-order valence-corrected chi connectivity index (χ3v) is 4.29. The highest BCUT2D eigenvalue weighted by Gasteiger charge is 2.13. The zero-order valence-corrected chi connectivity index (χ0v) is 15.8. The maximum Gasteiger partial charge on any atom is 0.276 e. The van der Waals surface area contributed by atoms with Gasteiger partial charge in [0.1, 0.15) is 5.82 Å². The highest BCUT2D eigenvalue weighted by Crippen LogP contribution is 2.30. The Bertz CT molecular complexity index is 972. The minimum atomic E-state index is -0.366. The van der Waals surface area contributed by atoms with Gasteiger partial charge in [-0.25, -0.2) is 10.5 Å². The van der Waals surface area contributed by atoms with E-state index in [1.165, 1.54) is 13.3 Å². The molecule has 1 aromatic carbocycles. The Labute approximate surface area is 161 Å². The minimum Gasteiger partial charge on any atom is -0.353 e. The van der Waals surface area contributed by atoms with Gasteiger partial charge in [-0.05, 0) is 19.1 Å². The van der Waals surface area contributed by atoms with Crippen molar-refractivity contribution in [1.82, 2.24) is 20.2 Å². The van der Waals surface area contributed by atoms with E-state index in [1.54, 1.807) is 35.1 Å². The summed E-state index contributed by atoms with van der Waals surface area (Å²) in [6.45, 7) is 1.95. The summed E-state index contributed by atoms with van der Waals surface area (Å²) in [4.78, 5) is 21.1. The summed E-state index contributed by atoms with van der Waals surface area (Å²) < 4.78 is 1.77. The molecule has 0 aliphatic heterocycles. The number of carbonyl (C=O) groups excluding carboxylic acids is 1. The molecule has 0 unspecified atom stereocenters. The number of aromatic nitrogens is 3.